The monoisotopic (exact) mass is 224 g/mol. The molecule has 0 aromatic heterocycles. The van der Waals surface area contributed by atoms with E-state index in [1.807, 2.05) is 0 Å². The summed E-state index contributed by atoms with van der Waals surface area (Å²) in [5.74, 6) is 0.338. The second kappa shape index (κ2) is 4.01. The molecule has 1 fully saturated rings. The van der Waals surface area contributed by atoms with Crippen molar-refractivity contribution >= 4 is 0 Å². The Morgan fingerprint density at radius 1 is 0.882 bits per heavy atom. The maximum Gasteiger partial charge on any atom is 0.0996 e. The molecule has 17 heavy (non-hydrogen) atoms. The molecule has 0 amide bonds. The van der Waals surface area contributed by atoms with Gasteiger partial charge in [-0.15, -0.1) is 0 Å². The first-order chi connectivity index (χ1) is 8.30. The number of ether oxygens (including phenoxy) is 1. The molecule has 2 aromatic carbocycles. The molecule has 0 aliphatic carbocycles. The number of rotatable bonds is 3. The summed E-state index contributed by atoms with van der Waals surface area (Å²) in [6.45, 7) is 3.04. The van der Waals surface area contributed by atoms with Crippen molar-refractivity contribution in [2.45, 2.75) is 18.4 Å². The summed E-state index contributed by atoms with van der Waals surface area (Å²) in [5, 5.41) is 0. The van der Waals surface area contributed by atoms with Gasteiger partial charge in [-0.05, 0) is 18.1 Å². The molecular weight excluding hydrogens is 208 g/mol. The first-order valence-corrected chi connectivity index (χ1v) is 6.03. The fourth-order valence-electron chi connectivity index (χ4n) is 2.47. The first-order valence-electron chi connectivity index (χ1n) is 6.03. The van der Waals surface area contributed by atoms with Crippen LogP contribution in [0.5, 0.6) is 0 Å². The van der Waals surface area contributed by atoms with E-state index in [0.717, 1.165) is 6.61 Å². The second-order valence-electron chi connectivity index (χ2n) is 4.86. The minimum Gasteiger partial charge on any atom is -0.369 e. The molecule has 1 saturated heterocycles. The maximum atomic E-state index is 5.67. The van der Waals surface area contributed by atoms with Crippen LogP contribution in [0, 0.1) is 0 Å². The number of benzene rings is 2. The average molecular weight is 224 g/mol. The van der Waals surface area contributed by atoms with Gasteiger partial charge in [0, 0.05) is 5.92 Å². The molecule has 86 valence electrons. The van der Waals surface area contributed by atoms with Crippen LogP contribution in [0.15, 0.2) is 60.7 Å². The number of hydrogen-bond donors (Lipinski definition) is 0. The number of hydrogen-bond acceptors (Lipinski definition) is 1. The van der Waals surface area contributed by atoms with Crippen molar-refractivity contribution in [1.29, 1.82) is 0 Å². The molecule has 3 rings (SSSR count). The quantitative estimate of drug-likeness (QED) is 0.726. The van der Waals surface area contributed by atoms with Gasteiger partial charge in [-0.2, -0.15) is 0 Å². The fraction of sp³-hybridized carbons (Fsp3) is 0.250. The van der Waals surface area contributed by atoms with E-state index in [2.05, 4.69) is 67.6 Å². The van der Waals surface area contributed by atoms with Crippen molar-refractivity contribution in [2.24, 2.45) is 0 Å². The van der Waals surface area contributed by atoms with E-state index in [1.165, 1.54) is 11.1 Å². The second-order valence-corrected chi connectivity index (χ2v) is 4.86. The average Bonchev–Trinajstić information content (AvgIpc) is 3.11. The topological polar surface area (TPSA) is 12.5 Å². The molecule has 1 aliphatic rings. The molecule has 1 heteroatoms. The van der Waals surface area contributed by atoms with Gasteiger partial charge in [0.2, 0.25) is 0 Å². The Bertz CT molecular complexity index is 446. The maximum absolute atomic E-state index is 5.67. The lowest BCUT2D eigenvalue weighted by molar-refractivity contribution is 0.299. The third-order valence-corrected chi connectivity index (χ3v) is 3.48. The van der Waals surface area contributed by atoms with Gasteiger partial charge in [0.1, 0.15) is 0 Å². The molecule has 1 atom stereocenters. The largest absolute Gasteiger partial charge is 0.369 e. The van der Waals surface area contributed by atoms with Crippen molar-refractivity contribution in [3.05, 3.63) is 71.8 Å². The molecule has 0 N–H and O–H groups in total. The van der Waals surface area contributed by atoms with Crippen molar-refractivity contribution in [3.8, 4) is 0 Å². The van der Waals surface area contributed by atoms with Gasteiger partial charge in [0.05, 0.1) is 12.2 Å². The Morgan fingerprint density at radius 3 is 1.65 bits per heavy atom. The lowest BCUT2D eigenvalue weighted by atomic mass is 9.82. The van der Waals surface area contributed by atoms with Crippen LogP contribution in [0.3, 0.4) is 0 Å². The third kappa shape index (κ3) is 1.98. The number of epoxide rings is 1. The highest BCUT2D eigenvalue weighted by atomic mass is 16.6. The van der Waals surface area contributed by atoms with Gasteiger partial charge in [-0.25, -0.2) is 0 Å². The highest BCUT2D eigenvalue weighted by Crippen LogP contribution is 2.45. The molecule has 1 nitrogen and oxygen atoms in total. The summed E-state index contributed by atoms with van der Waals surface area (Å²) in [6, 6.07) is 21.2. The summed E-state index contributed by atoms with van der Waals surface area (Å²) in [7, 11) is 0. The van der Waals surface area contributed by atoms with Crippen LogP contribution in [-0.4, -0.2) is 12.2 Å². The normalized spacial score (nSPS) is 22.7. The van der Waals surface area contributed by atoms with E-state index < -0.39 is 0 Å². The molecule has 2 aromatic rings. The van der Waals surface area contributed by atoms with E-state index in [1.54, 1.807) is 0 Å². The van der Waals surface area contributed by atoms with Gasteiger partial charge in [0.15, 0.2) is 0 Å². The summed E-state index contributed by atoms with van der Waals surface area (Å²) in [6.07, 6.45) is 0. The smallest absolute Gasteiger partial charge is 0.0996 e. The van der Waals surface area contributed by atoms with Crippen LogP contribution >= 0.6 is 0 Å². The predicted octanol–water partition coefficient (Wildman–Crippen LogP) is 3.61. The summed E-state index contributed by atoms with van der Waals surface area (Å²) >= 11 is 0. The van der Waals surface area contributed by atoms with E-state index in [4.69, 9.17) is 4.74 Å². The van der Waals surface area contributed by atoms with E-state index in [0.29, 0.717) is 5.92 Å². The first kappa shape index (κ1) is 10.5. The van der Waals surface area contributed by atoms with E-state index >= 15 is 0 Å². The van der Waals surface area contributed by atoms with Gasteiger partial charge in [-0.1, -0.05) is 60.7 Å². The highest BCUT2D eigenvalue weighted by Gasteiger charge is 2.48. The minimum atomic E-state index is -0.0251. The summed E-state index contributed by atoms with van der Waals surface area (Å²) < 4.78 is 5.67. The molecular formula is C16H16O. The van der Waals surface area contributed by atoms with Crippen molar-refractivity contribution in [2.75, 3.05) is 6.61 Å². The zero-order valence-corrected chi connectivity index (χ0v) is 9.97. The molecule has 0 radical (unpaired) electrons. The lowest BCUT2D eigenvalue weighted by Crippen LogP contribution is -2.19. The van der Waals surface area contributed by atoms with Crippen LogP contribution in [0.25, 0.3) is 0 Å². The fourth-order valence-corrected chi connectivity index (χ4v) is 2.47. The van der Waals surface area contributed by atoms with Crippen LogP contribution in [0.4, 0.5) is 0 Å². The van der Waals surface area contributed by atoms with Crippen LogP contribution < -0.4 is 0 Å². The Morgan fingerprint density at radius 2 is 1.29 bits per heavy atom. The molecule has 1 aliphatic heterocycles. The van der Waals surface area contributed by atoms with Gasteiger partial charge in [-0.3, -0.25) is 0 Å². The molecule has 0 bridgehead atoms. The zero-order chi connectivity index (χ0) is 11.7. The predicted molar refractivity (Wildman–Crippen MR) is 69.1 cm³/mol. The van der Waals surface area contributed by atoms with Crippen molar-refractivity contribution < 1.29 is 4.74 Å². The van der Waals surface area contributed by atoms with E-state index in [-0.39, 0.29) is 5.60 Å². The van der Waals surface area contributed by atoms with Crippen LogP contribution in [-0.2, 0) is 4.74 Å². The minimum absolute atomic E-state index is 0.0251. The standard InChI is InChI=1S/C16H16O/c1-16(12-17-16)15(13-8-4-2-5-9-13)14-10-6-3-7-11-14/h2-11,15H,12H2,1H3. The Balaban J connectivity index is 2.05. The van der Waals surface area contributed by atoms with E-state index in [9.17, 15) is 0 Å². The van der Waals surface area contributed by atoms with Gasteiger partial charge >= 0.3 is 0 Å². The Hall–Kier alpha value is -1.60. The highest BCUT2D eigenvalue weighted by molar-refractivity contribution is 5.37. The van der Waals surface area contributed by atoms with Crippen LogP contribution in [0.1, 0.15) is 24.0 Å². The summed E-state index contributed by atoms with van der Waals surface area (Å²) in [4.78, 5) is 0. The molecule has 1 unspecified atom stereocenters. The third-order valence-electron chi connectivity index (χ3n) is 3.48. The molecule has 0 saturated carbocycles. The summed E-state index contributed by atoms with van der Waals surface area (Å²) in [5.41, 5.74) is 2.64. The Kier molecular flexibility index (Phi) is 2.49. The van der Waals surface area contributed by atoms with Crippen LogP contribution in [0.2, 0.25) is 0 Å². The van der Waals surface area contributed by atoms with Gasteiger partial charge < -0.3 is 4.74 Å². The Labute approximate surface area is 102 Å². The lowest BCUT2D eigenvalue weighted by Gasteiger charge is -2.22. The zero-order valence-electron chi connectivity index (χ0n) is 9.97. The van der Waals surface area contributed by atoms with Gasteiger partial charge in [0.25, 0.3) is 0 Å². The molecule has 0 spiro atoms. The van der Waals surface area contributed by atoms with Crippen molar-refractivity contribution in [1.82, 2.24) is 0 Å². The SMILES string of the molecule is CC1(C(c2ccccc2)c2ccccc2)CO1. The molecule has 1 heterocycles. The van der Waals surface area contributed by atoms with Crippen molar-refractivity contribution in [3.63, 3.8) is 0 Å².